The molecule has 0 saturated carbocycles. The molecule has 1 unspecified atom stereocenters. The molecule has 1 atom stereocenters. The third-order valence-corrected chi connectivity index (χ3v) is 5.88. The van der Waals surface area contributed by atoms with E-state index in [-0.39, 0.29) is 5.41 Å². The molecule has 0 aromatic carbocycles. The molecule has 0 bridgehead atoms. The normalized spacial score (nSPS) is 28.5. The van der Waals surface area contributed by atoms with E-state index in [0.29, 0.717) is 11.8 Å². The highest BCUT2D eigenvalue weighted by molar-refractivity contribution is 5.85. The van der Waals surface area contributed by atoms with Crippen LogP contribution in [0.5, 0.6) is 0 Å². The molecule has 7 nitrogen and oxygen atoms in total. The van der Waals surface area contributed by atoms with Gasteiger partial charge in [-0.05, 0) is 19.4 Å². The summed E-state index contributed by atoms with van der Waals surface area (Å²) in [7, 11) is 0. The first-order chi connectivity index (χ1) is 12.1. The number of morpholine rings is 1. The van der Waals surface area contributed by atoms with Crippen molar-refractivity contribution in [1.82, 2.24) is 19.7 Å². The molecular formula is C18H28N4O3. The highest BCUT2D eigenvalue weighted by Crippen LogP contribution is 2.41. The van der Waals surface area contributed by atoms with Gasteiger partial charge in [-0.25, -0.2) is 4.98 Å². The van der Waals surface area contributed by atoms with Crippen LogP contribution in [0.15, 0.2) is 10.7 Å². The minimum absolute atomic E-state index is 0.163. The van der Waals surface area contributed by atoms with Crippen LogP contribution < -0.4 is 0 Å². The molecule has 4 heterocycles. The maximum absolute atomic E-state index is 13.0. The largest absolute Gasteiger partial charge is 0.449 e. The first-order valence-corrected chi connectivity index (χ1v) is 9.37. The van der Waals surface area contributed by atoms with Crippen molar-refractivity contribution in [2.24, 2.45) is 5.41 Å². The molecular weight excluding hydrogens is 320 g/mol. The third-order valence-electron chi connectivity index (χ3n) is 5.88. The van der Waals surface area contributed by atoms with Gasteiger partial charge in [-0.2, -0.15) is 0 Å². The van der Waals surface area contributed by atoms with Gasteiger partial charge in [-0.1, -0.05) is 0 Å². The van der Waals surface area contributed by atoms with Crippen LogP contribution in [0.1, 0.15) is 24.4 Å². The summed E-state index contributed by atoms with van der Waals surface area (Å²) in [6.45, 7) is 10.8. The van der Waals surface area contributed by atoms with Crippen LogP contribution in [-0.4, -0.2) is 84.6 Å². The Morgan fingerprint density at radius 2 is 1.92 bits per heavy atom. The average molecular weight is 348 g/mol. The van der Waals surface area contributed by atoms with Gasteiger partial charge in [0, 0.05) is 52.7 Å². The Morgan fingerprint density at radius 3 is 2.68 bits per heavy atom. The number of hydrogen-bond acceptors (Lipinski definition) is 6. The quantitative estimate of drug-likeness (QED) is 0.782. The van der Waals surface area contributed by atoms with Gasteiger partial charge in [-0.3, -0.25) is 14.6 Å². The summed E-state index contributed by atoms with van der Waals surface area (Å²) in [4.78, 5) is 24.2. The van der Waals surface area contributed by atoms with Crippen molar-refractivity contribution in [2.45, 2.75) is 26.3 Å². The summed E-state index contributed by atoms with van der Waals surface area (Å²) in [5, 5.41) is 0. The fraction of sp³-hybridized carbons (Fsp3) is 0.778. The second-order valence-electron chi connectivity index (χ2n) is 7.60. The Morgan fingerprint density at radius 1 is 1.12 bits per heavy atom. The van der Waals surface area contributed by atoms with Crippen molar-refractivity contribution in [2.75, 3.05) is 59.0 Å². The van der Waals surface area contributed by atoms with Gasteiger partial charge in [-0.15, -0.1) is 0 Å². The minimum atomic E-state index is -0.163. The number of rotatable bonds is 5. The summed E-state index contributed by atoms with van der Waals surface area (Å²) < 4.78 is 10.7. The lowest BCUT2D eigenvalue weighted by atomic mass is 9.85. The van der Waals surface area contributed by atoms with Gasteiger partial charge >= 0.3 is 0 Å². The Hall–Kier alpha value is -1.44. The van der Waals surface area contributed by atoms with Crippen LogP contribution >= 0.6 is 0 Å². The molecule has 3 fully saturated rings. The fourth-order valence-electron chi connectivity index (χ4n) is 4.37. The number of carbonyl (C=O) groups excluding carboxylic acids is 1. The van der Waals surface area contributed by atoms with E-state index in [1.165, 1.54) is 0 Å². The predicted octanol–water partition coefficient (Wildman–Crippen LogP) is 0.740. The van der Waals surface area contributed by atoms with E-state index in [2.05, 4.69) is 19.7 Å². The zero-order valence-electron chi connectivity index (χ0n) is 15.1. The molecule has 3 saturated heterocycles. The van der Waals surface area contributed by atoms with Crippen molar-refractivity contribution in [3.05, 3.63) is 17.8 Å². The molecule has 25 heavy (non-hydrogen) atoms. The molecule has 1 amide bonds. The zero-order chi connectivity index (χ0) is 17.3. The molecule has 1 spiro atoms. The SMILES string of the molecule is Cc1nc(CN2CCC3(CCN(CCN4CCOCC4)C3=O)C2)co1. The number of aryl methyl sites for hydroxylation is 1. The second kappa shape index (κ2) is 7.05. The summed E-state index contributed by atoms with van der Waals surface area (Å²) in [6, 6.07) is 0. The maximum Gasteiger partial charge on any atom is 0.230 e. The molecule has 1 aromatic heterocycles. The van der Waals surface area contributed by atoms with Gasteiger partial charge in [0.1, 0.15) is 6.26 Å². The number of carbonyl (C=O) groups is 1. The van der Waals surface area contributed by atoms with Gasteiger partial charge < -0.3 is 14.1 Å². The number of ether oxygens (including phenoxy) is 1. The van der Waals surface area contributed by atoms with Crippen LogP contribution in [0.3, 0.4) is 0 Å². The molecule has 0 N–H and O–H groups in total. The first kappa shape index (κ1) is 17.0. The number of aromatic nitrogens is 1. The van der Waals surface area contributed by atoms with E-state index in [1.807, 2.05) is 6.92 Å². The number of nitrogens with zero attached hydrogens (tertiary/aromatic N) is 4. The third kappa shape index (κ3) is 3.59. The van der Waals surface area contributed by atoms with Crippen molar-refractivity contribution in [3.8, 4) is 0 Å². The molecule has 1 aromatic rings. The fourth-order valence-corrected chi connectivity index (χ4v) is 4.37. The van der Waals surface area contributed by atoms with Crippen LogP contribution in [0.4, 0.5) is 0 Å². The maximum atomic E-state index is 13.0. The summed E-state index contributed by atoms with van der Waals surface area (Å²) >= 11 is 0. The van der Waals surface area contributed by atoms with Crippen LogP contribution in [0.2, 0.25) is 0 Å². The van der Waals surface area contributed by atoms with E-state index < -0.39 is 0 Å². The van der Waals surface area contributed by atoms with E-state index in [1.54, 1.807) is 6.26 Å². The Balaban J connectivity index is 1.30. The lowest BCUT2D eigenvalue weighted by Gasteiger charge is -2.29. The lowest BCUT2D eigenvalue weighted by Crippen LogP contribution is -2.43. The van der Waals surface area contributed by atoms with Crippen molar-refractivity contribution >= 4 is 5.91 Å². The highest BCUT2D eigenvalue weighted by atomic mass is 16.5. The van der Waals surface area contributed by atoms with Gasteiger partial charge in [0.25, 0.3) is 0 Å². The molecule has 0 aliphatic carbocycles. The van der Waals surface area contributed by atoms with E-state index in [0.717, 1.165) is 84.1 Å². The highest BCUT2D eigenvalue weighted by Gasteiger charge is 2.50. The Bertz CT molecular complexity index is 613. The summed E-state index contributed by atoms with van der Waals surface area (Å²) in [5.41, 5.74) is 0.799. The summed E-state index contributed by atoms with van der Waals surface area (Å²) in [5.74, 6) is 1.06. The predicted molar refractivity (Wildman–Crippen MR) is 92.0 cm³/mol. The van der Waals surface area contributed by atoms with Crippen LogP contribution in [0.25, 0.3) is 0 Å². The van der Waals surface area contributed by atoms with Crippen molar-refractivity contribution in [1.29, 1.82) is 0 Å². The zero-order valence-corrected chi connectivity index (χ0v) is 15.1. The van der Waals surface area contributed by atoms with E-state index >= 15 is 0 Å². The van der Waals surface area contributed by atoms with E-state index in [9.17, 15) is 4.79 Å². The van der Waals surface area contributed by atoms with Crippen LogP contribution in [-0.2, 0) is 16.1 Å². The summed E-state index contributed by atoms with van der Waals surface area (Å²) in [6.07, 6.45) is 3.69. The Labute approximate surface area is 148 Å². The second-order valence-corrected chi connectivity index (χ2v) is 7.60. The standard InChI is InChI=1S/C18H28N4O3/c1-15-19-16(13-25-15)12-21-4-2-18(14-21)3-5-22(17(18)23)7-6-20-8-10-24-11-9-20/h13H,2-12,14H2,1H3. The van der Waals surface area contributed by atoms with E-state index in [4.69, 9.17) is 9.15 Å². The number of amides is 1. The number of oxazole rings is 1. The average Bonchev–Trinajstić information content (AvgIpc) is 3.30. The first-order valence-electron chi connectivity index (χ1n) is 9.37. The van der Waals surface area contributed by atoms with Crippen molar-refractivity contribution in [3.63, 3.8) is 0 Å². The van der Waals surface area contributed by atoms with Gasteiger partial charge in [0.2, 0.25) is 5.91 Å². The van der Waals surface area contributed by atoms with Crippen molar-refractivity contribution < 1.29 is 13.9 Å². The Kier molecular flexibility index (Phi) is 4.80. The molecule has 138 valence electrons. The molecule has 4 rings (SSSR count). The minimum Gasteiger partial charge on any atom is -0.449 e. The van der Waals surface area contributed by atoms with Gasteiger partial charge in [0.05, 0.1) is 24.3 Å². The molecule has 3 aliphatic rings. The molecule has 0 radical (unpaired) electrons. The van der Waals surface area contributed by atoms with Gasteiger partial charge in [0.15, 0.2) is 5.89 Å². The topological polar surface area (TPSA) is 62.1 Å². The number of hydrogen-bond donors (Lipinski definition) is 0. The molecule has 3 aliphatic heterocycles. The molecule has 7 heteroatoms. The lowest BCUT2D eigenvalue weighted by molar-refractivity contribution is -0.135. The monoisotopic (exact) mass is 348 g/mol. The van der Waals surface area contributed by atoms with Crippen LogP contribution in [0, 0.1) is 12.3 Å². The number of likely N-dealkylation sites (tertiary alicyclic amines) is 2. The smallest absolute Gasteiger partial charge is 0.230 e.